The maximum Gasteiger partial charge on any atom is 0.203 e. The third-order valence-corrected chi connectivity index (χ3v) is 4.48. The number of hydrogen-bond donors (Lipinski definition) is 0. The Morgan fingerprint density at radius 2 is 1.78 bits per heavy atom. The molecular formula is C18H18O5. The lowest BCUT2D eigenvalue weighted by Gasteiger charge is -2.29. The summed E-state index contributed by atoms with van der Waals surface area (Å²) in [6, 6.07) is 9.80. The van der Waals surface area contributed by atoms with Crippen molar-refractivity contribution in [2.45, 2.75) is 12.0 Å². The van der Waals surface area contributed by atoms with Gasteiger partial charge in [-0.2, -0.15) is 0 Å². The van der Waals surface area contributed by atoms with Crippen LogP contribution in [0.25, 0.3) is 0 Å². The lowest BCUT2D eigenvalue weighted by Crippen LogP contribution is -2.23. The van der Waals surface area contributed by atoms with Crippen LogP contribution in [0.3, 0.4) is 0 Å². The number of ether oxygens (including phenoxy) is 5. The smallest absolute Gasteiger partial charge is 0.203 e. The molecule has 0 amide bonds. The minimum absolute atomic E-state index is 0.0827. The van der Waals surface area contributed by atoms with Crippen LogP contribution in [-0.2, 0) is 0 Å². The third kappa shape index (κ3) is 2.00. The summed E-state index contributed by atoms with van der Waals surface area (Å²) in [4.78, 5) is 0. The summed E-state index contributed by atoms with van der Waals surface area (Å²) < 4.78 is 28.3. The van der Waals surface area contributed by atoms with E-state index in [0.717, 1.165) is 22.6 Å². The van der Waals surface area contributed by atoms with Crippen molar-refractivity contribution >= 4 is 0 Å². The molecule has 4 rings (SSSR count). The highest BCUT2D eigenvalue weighted by Crippen LogP contribution is 2.55. The van der Waals surface area contributed by atoms with E-state index in [0.29, 0.717) is 23.9 Å². The molecule has 2 aromatic carbocycles. The second kappa shape index (κ2) is 5.26. The molecule has 0 fully saturated rings. The molecule has 0 radical (unpaired) electrons. The van der Waals surface area contributed by atoms with Crippen LogP contribution >= 0.6 is 0 Å². The van der Waals surface area contributed by atoms with E-state index in [2.05, 4.69) is 0 Å². The second-order valence-electron chi connectivity index (χ2n) is 5.58. The molecule has 5 nitrogen and oxygen atoms in total. The van der Waals surface area contributed by atoms with Gasteiger partial charge in [0.1, 0.15) is 17.6 Å². The number of methoxy groups -OCH3 is 3. The molecule has 0 aliphatic carbocycles. The molecule has 2 heterocycles. The average Bonchev–Trinajstić information content (AvgIpc) is 2.98. The summed E-state index contributed by atoms with van der Waals surface area (Å²) in [5.41, 5.74) is 2.13. The summed E-state index contributed by atoms with van der Waals surface area (Å²) in [6.07, 6.45) is -0.0827. The van der Waals surface area contributed by atoms with Crippen molar-refractivity contribution in [3.8, 4) is 28.7 Å². The van der Waals surface area contributed by atoms with Gasteiger partial charge in [-0.15, -0.1) is 0 Å². The maximum absolute atomic E-state index is 6.20. The third-order valence-electron chi connectivity index (χ3n) is 4.48. The molecule has 0 N–H and O–H groups in total. The molecule has 120 valence electrons. The Hall–Kier alpha value is -2.56. The Morgan fingerprint density at radius 1 is 0.957 bits per heavy atom. The predicted molar refractivity (Wildman–Crippen MR) is 84.1 cm³/mol. The van der Waals surface area contributed by atoms with E-state index in [1.807, 2.05) is 30.3 Å². The van der Waals surface area contributed by atoms with Crippen LogP contribution < -0.4 is 23.7 Å². The van der Waals surface area contributed by atoms with Crippen molar-refractivity contribution < 1.29 is 23.7 Å². The molecule has 0 spiro atoms. The molecule has 2 atom stereocenters. The molecule has 0 aromatic heterocycles. The van der Waals surface area contributed by atoms with E-state index in [9.17, 15) is 0 Å². The van der Waals surface area contributed by atoms with E-state index in [1.54, 1.807) is 21.3 Å². The van der Waals surface area contributed by atoms with Gasteiger partial charge in [-0.3, -0.25) is 0 Å². The van der Waals surface area contributed by atoms with Gasteiger partial charge in [-0.05, 0) is 18.2 Å². The van der Waals surface area contributed by atoms with Crippen LogP contribution in [-0.4, -0.2) is 27.9 Å². The van der Waals surface area contributed by atoms with Gasteiger partial charge >= 0.3 is 0 Å². The Kier molecular flexibility index (Phi) is 3.22. The molecular weight excluding hydrogens is 296 g/mol. The van der Waals surface area contributed by atoms with Crippen LogP contribution in [0.5, 0.6) is 28.7 Å². The Labute approximate surface area is 134 Å². The predicted octanol–water partition coefficient (Wildman–Crippen LogP) is 3.32. The van der Waals surface area contributed by atoms with Gasteiger partial charge in [0.05, 0.1) is 33.9 Å². The van der Waals surface area contributed by atoms with Crippen LogP contribution in [0.4, 0.5) is 0 Å². The Bertz CT molecular complexity index is 755. The van der Waals surface area contributed by atoms with E-state index in [-0.39, 0.29) is 12.0 Å². The van der Waals surface area contributed by atoms with Crippen LogP contribution in [0, 0.1) is 0 Å². The van der Waals surface area contributed by atoms with Crippen molar-refractivity contribution in [3.05, 3.63) is 41.5 Å². The molecule has 2 aliphatic heterocycles. The quantitative estimate of drug-likeness (QED) is 0.869. The van der Waals surface area contributed by atoms with Crippen molar-refractivity contribution in [1.82, 2.24) is 0 Å². The molecule has 2 aromatic rings. The van der Waals surface area contributed by atoms with E-state index >= 15 is 0 Å². The van der Waals surface area contributed by atoms with Crippen LogP contribution in [0.2, 0.25) is 0 Å². The van der Waals surface area contributed by atoms with Gasteiger partial charge in [-0.1, -0.05) is 6.07 Å². The van der Waals surface area contributed by atoms with E-state index < -0.39 is 0 Å². The fourth-order valence-electron chi connectivity index (χ4n) is 3.35. The molecule has 0 saturated heterocycles. The van der Waals surface area contributed by atoms with E-state index in [4.69, 9.17) is 23.7 Å². The second-order valence-corrected chi connectivity index (χ2v) is 5.58. The van der Waals surface area contributed by atoms with Gasteiger partial charge in [0, 0.05) is 17.2 Å². The summed E-state index contributed by atoms with van der Waals surface area (Å²) in [7, 11) is 4.88. The first-order valence-electron chi connectivity index (χ1n) is 7.49. The number of benzene rings is 2. The number of fused-ring (bicyclic) bond motifs is 5. The Balaban J connectivity index is 1.78. The zero-order valence-corrected chi connectivity index (χ0v) is 13.3. The molecule has 0 unspecified atom stereocenters. The number of rotatable bonds is 3. The summed E-state index contributed by atoms with van der Waals surface area (Å²) in [5.74, 6) is 3.78. The summed E-state index contributed by atoms with van der Waals surface area (Å²) >= 11 is 0. The summed E-state index contributed by atoms with van der Waals surface area (Å²) in [6.45, 7) is 0.542. The summed E-state index contributed by atoms with van der Waals surface area (Å²) in [5, 5.41) is 0. The zero-order valence-electron chi connectivity index (χ0n) is 13.3. The van der Waals surface area contributed by atoms with Crippen LogP contribution in [0.1, 0.15) is 23.1 Å². The van der Waals surface area contributed by atoms with Crippen molar-refractivity contribution in [1.29, 1.82) is 0 Å². The standard InChI is InChI=1S/C18H18O5/c1-19-10-4-5-11-13-9-22-17-12(16(13)23-15(11)8-10)6-7-14(20-2)18(17)21-3/h4-8,13,16H,9H2,1-3H3/t13-,16-/m1/s1. The SMILES string of the molecule is COc1ccc2c(c1)O[C@@H]1c3ccc(OC)c(OC)c3OC[C@H]21. The monoisotopic (exact) mass is 314 g/mol. The fourth-order valence-corrected chi connectivity index (χ4v) is 3.35. The minimum atomic E-state index is -0.0827. The first kappa shape index (κ1) is 14.1. The highest BCUT2D eigenvalue weighted by Gasteiger charge is 2.42. The molecule has 0 saturated carbocycles. The van der Waals surface area contributed by atoms with E-state index in [1.165, 1.54) is 0 Å². The molecule has 5 heteroatoms. The van der Waals surface area contributed by atoms with Gasteiger partial charge in [0.15, 0.2) is 11.5 Å². The van der Waals surface area contributed by atoms with Gasteiger partial charge in [0.25, 0.3) is 0 Å². The van der Waals surface area contributed by atoms with Crippen molar-refractivity contribution in [2.75, 3.05) is 27.9 Å². The fraction of sp³-hybridized carbons (Fsp3) is 0.333. The van der Waals surface area contributed by atoms with Gasteiger partial charge in [0.2, 0.25) is 5.75 Å². The van der Waals surface area contributed by atoms with Crippen molar-refractivity contribution in [3.63, 3.8) is 0 Å². The Morgan fingerprint density at radius 3 is 2.52 bits per heavy atom. The zero-order chi connectivity index (χ0) is 16.0. The average molecular weight is 314 g/mol. The van der Waals surface area contributed by atoms with Crippen molar-refractivity contribution in [2.24, 2.45) is 0 Å². The lowest BCUT2D eigenvalue weighted by molar-refractivity contribution is 0.135. The highest BCUT2D eigenvalue weighted by atomic mass is 16.5. The first-order valence-corrected chi connectivity index (χ1v) is 7.49. The molecule has 23 heavy (non-hydrogen) atoms. The minimum Gasteiger partial charge on any atom is -0.497 e. The number of hydrogen-bond acceptors (Lipinski definition) is 5. The largest absolute Gasteiger partial charge is 0.497 e. The highest BCUT2D eigenvalue weighted by molar-refractivity contribution is 5.60. The van der Waals surface area contributed by atoms with Crippen LogP contribution in [0.15, 0.2) is 30.3 Å². The normalized spacial score (nSPS) is 20.5. The first-order chi connectivity index (χ1) is 11.3. The molecule has 0 bridgehead atoms. The maximum atomic E-state index is 6.20. The molecule has 2 aliphatic rings. The van der Waals surface area contributed by atoms with Gasteiger partial charge < -0.3 is 23.7 Å². The lowest BCUT2D eigenvalue weighted by atomic mass is 9.89. The topological polar surface area (TPSA) is 46.2 Å². The van der Waals surface area contributed by atoms with Gasteiger partial charge in [-0.25, -0.2) is 0 Å².